The van der Waals surface area contributed by atoms with Gasteiger partial charge in [-0.25, -0.2) is 18.1 Å². The van der Waals surface area contributed by atoms with Crippen molar-refractivity contribution >= 4 is 40.0 Å². The molecular formula is C21H29IN4O3S. The standard InChI is InChI=1S/C21H28N4O3S.HI/c1-15(2)25-29(26,27)14-17-8-4-3-7-16(17)13-23-21(22)24-19-11-12-28-20-10-6-5-9-18(19)20;/h3-10,15,19,25H,11-14H2,1-2H3,(H3,22,23,24);1H. The summed E-state index contributed by atoms with van der Waals surface area (Å²) < 4.78 is 32.9. The Morgan fingerprint density at radius 3 is 2.57 bits per heavy atom. The highest BCUT2D eigenvalue weighted by atomic mass is 127. The Morgan fingerprint density at radius 1 is 1.17 bits per heavy atom. The number of para-hydroxylation sites is 1. The molecule has 0 saturated heterocycles. The topological polar surface area (TPSA) is 106 Å². The summed E-state index contributed by atoms with van der Waals surface area (Å²) >= 11 is 0. The Hall–Kier alpha value is -1.85. The first kappa shape index (κ1) is 24.4. The minimum absolute atomic E-state index is 0. The number of guanidine groups is 1. The van der Waals surface area contributed by atoms with Crippen LogP contribution in [0.15, 0.2) is 53.5 Å². The molecule has 2 aromatic carbocycles. The number of fused-ring (bicyclic) bond motifs is 1. The molecule has 0 amide bonds. The fourth-order valence-electron chi connectivity index (χ4n) is 3.34. The van der Waals surface area contributed by atoms with Crippen molar-refractivity contribution in [2.45, 2.75) is 44.6 Å². The van der Waals surface area contributed by atoms with Gasteiger partial charge in [-0.2, -0.15) is 0 Å². The number of nitrogens with two attached hydrogens (primary N) is 1. The molecule has 0 bridgehead atoms. The van der Waals surface area contributed by atoms with Gasteiger partial charge in [-0.05, 0) is 31.0 Å². The molecule has 0 radical (unpaired) electrons. The number of nitrogens with zero attached hydrogens (tertiary/aromatic N) is 1. The lowest BCUT2D eigenvalue weighted by Gasteiger charge is -2.27. The fourth-order valence-corrected chi connectivity index (χ4v) is 4.84. The van der Waals surface area contributed by atoms with Crippen LogP contribution in [0.2, 0.25) is 0 Å². The number of nitrogens with one attached hydrogen (secondary N) is 2. The zero-order valence-electron chi connectivity index (χ0n) is 17.2. The Labute approximate surface area is 195 Å². The third-order valence-corrected chi connectivity index (χ3v) is 6.10. The summed E-state index contributed by atoms with van der Waals surface area (Å²) in [5, 5.41) is 3.26. The van der Waals surface area contributed by atoms with E-state index in [0.29, 0.717) is 24.7 Å². The molecule has 30 heavy (non-hydrogen) atoms. The van der Waals surface area contributed by atoms with Crippen LogP contribution in [0.3, 0.4) is 0 Å². The SMILES string of the molecule is CC(C)NS(=O)(=O)Cc1ccccc1CN=C(N)NC1CCOc2ccccc21.I. The Kier molecular flexibility index (Phi) is 8.92. The summed E-state index contributed by atoms with van der Waals surface area (Å²) in [5.74, 6) is 1.10. The van der Waals surface area contributed by atoms with Crippen molar-refractivity contribution in [1.29, 1.82) is 0 Å². The maximum absolute atomic E-state index is 12.3. The number of hydrogen-bond acceptors (Lipinski definition) is 4. The molecule has 0 spiro atoms. The van der Waals surface area contributed by atoms with Crippen molar-refractivity contribution in [3.05, 3.63) is 65.2 Å². The van der Waals surface area contributed by atoms with Gasteiger partial charge in [-0.3, -0.25) is 0 Å². The van der Waals surface area contributed by atoms with Crippen LogP contribution >= 0.6 is 24.0 Å². The van der Waals surface area contributed by atoms with E-state index in [2.05, 4.69) is 15.0 Å². The molecule has 4 N–H and O–H groups in total. The summed E-state index contributed by atoms with van der Waals surface area (Å²) in [7, 11) is -3.41. The highest BCUT2D eigenvalue weighted by Gasteiger charge is 2.21. The van der Waals surface area contributed by atoms with Crippen LogP contribution in [-0.2, 0) is 22.3 Å². The summed E-state index contributed by atoms with van der Waals surface area (Å²) in [6.07, 6.45) is 0.795. The predicted molar refractivity (Wildman–Crippen MR) is 131 cm³/mol. The van der Waals surface area contributed by atoms with Crippen LogP contribution < -0.4 is 20.5 Å². The molecule has 0 fully saturated rings. The molecule has 1 aliphatic rings. The smallest absolute Gasteiger partial charge is 0.216 e. The number of ether oxygens (including phenoxy) is 1. The van der Waals surface area contributed by atoms with Gasteiger partial charge in [0, 0.05) is 18.0 Å². The van der Waals surface area contributed by atoms with Gasteiger partial charge in [0.15, 0.2) is 5.96 Å². The van der Waals surface area contributed by atoms with Crippen LogP contribution in [0.1, 0.15) is 43.0 Å². The van der Waals surface area contributed by atoms with Crippen LogP contribution in [-0.4, -0.2) is 27.0 Å². The van der Waals surface area contributed by atoms with Gasteiger partial charge in [0.1, 0.15) is 5.75 Å². The molecule has 1 unspecified atom stereocenters. The molecule has 164 valence electrons. The molecule has 0 aliphatic carbocycles. The maximum atomic E-state index is 12.3. The zero-order valence-corrected chi connectivity index (χ0v) is 20.3. The van der Waals surface area contributed by atoms with Gasteiger partial charge in [0.05, 0.1) is 24.9 Å². The van der Waals surface area contributed by atoms with E-state index in [1.165, 1.54) is 0 Å². The summed E-state index contributed by atoms with van der Waals surface area (Å²) in [6, 6.07) is 15.1. The molecule has 1 heterocycles. The lowest BCUT2D eigenvalue weighted by atomic mass is 10.0. The number of sulfonamides is 1. The van der Waals surface area contributed by atoms with Crippen molar-refractivity contribution < 1.29 is 13.2 Å². The summed E-state index contributed by atoms with van der Waals surface area (Å²) in [4.78, 5) is 4.44. The second kappa shape index (κ2) is 11.0. The van der Waals surface area contributed by atoms with E-state index >= 15 is 0 Å². The second-order valence-corrected chi connectivity index (χ2v) is 9.13. The molecule has 1 aliphatic heterocycles. The highest BCUT2D eigenvalue weighted by Crippen LogP contribution is 2.31. The first-order chi connectivity index (χ1) is 13.8. The maximum Gasteiger partial charge on any atom is 0.216 e. The van der Waals surface area contributed by atoms with Crippen molar-refractivity contribution in [3.8, 4) is 5.75 Å². The average Bonchev–Trinajstić information content (AvgIpc) is 2.66. The van der Waals surface area contributed by atoms with Crippen molar-refractivity contribution in [3.63, 3.8) is 0 Å². The molecule has 3 rings (SSSR count). The van der Waals surface area contributed by atoms with E-state index in [0.717, 1.165) is 23.3 Å². The largest absolute Gasteiger partial charge is 0.493 e. The van der Waals surface area contributed by atoms with E-state index in [4.69, 9.17) is 10.5 Å². The number of rotatable bonds is 7. The highest BCUT2D eigenvalue weighted by molar-refractivity contribution is 14.0. The molecule has 1 atom stereocenters. The summed E-state index contributed by atoms with van der Waals surface area (Å²) in [6.45, 7) is 4.52. The Balaban J connectivity index is 0.00000320. The van der Waals surface area contributed by atoms with Gasteiger partial charge < -0.3 is 15.8 Å². The number of hydrogen-bond donors (Lipinski definition) is 3. The monoisotopic (exact) mass is 544 g/mol. The van der Waals surface area contributed by atoms with Gasteiger partial charge in [-0.1, -0.05) is 42.5 Å². The minimum atomic E-state index is -3.41. The van der Waals surface area contributed by atoms with Gasteiger partial charge >= 0.3 is 0 Å². The molecule has 7 nitrogen and oxygen atoms in total. The quantitative estimate of drug-likeness (QED) is 0.282. The molecule has 0 aromatic heterocycles. The zero-order chi connectivity index (χ0) is 20.9. The van der Waals surface area contributed by atoms with Crippen LogP contribution in [0.4, 0.5) is 0 Å². The van der Waals surface area contributed by atoms with E-state index in [1.54, 1.807) is 13.8 Å². The van der Waals surface area contributed by atoms with E-state index in [-0.39, 0.29) is 41.8 Å². The van der Waals surface area contributed by atoms with Gasteiger partial charge in [-0.15, -0.1) is 24.0 Å². The first-order valence-corrected chi connectivity index (χ1v) is 11.3. The second-order valence-electron chi connectivity index (χ2n) is 7.37. The predicted octanol–water partition coefficient (Wildman–Crippen LogP) is 3.06. The molecular weight excluding hydrogens is 515 g/mol. The molecule has 2 aromatic rings. The average molecular weight is 544 g/mol. The fraction of sp³-hybridized carbons (Fsp3) is 0.381. The molecule has 9 heteroatoms. The third-order valence-electron chi connectivity index (χ3n) is 4.58. The Bertz CT molecular complexity index is 980. The van der Waals surface area contributed by atoms with Crippen molar-refractivity contribution in [2.24, 2.45) is 10.7 Å². The van der Waals surface area contributed by atoms with Crippen molar-refractivity contribution in [1.82, 2.24) is 10.0 Å². The van der Waals surface area contributed by atoms with Gasteiger partial charge in [0.2, 0.25) is 10.0 Å². The van der Waals surface area contributed by atoms with Crippen molar-refractivity contribution in [2.75, 3.05) is 6.61 Å². The van der Waals surface area contributed by atoms with Gasteiger partial charge in [0.25, 0.3) is 0 Å². The number of benzene rings is 2. The number of aliphatic imine (C=N–C) groups is 1. The molecule has 0 saturated carbocycles. The normalized spacial score (nSPS) is 16.4. The first-order valence-electron chi connectivity index (χ1n) is 9.69. The number of halogens is 1. The third kappa shape index (κ3) is 6.85. The lowest BCUT2D eigenvalue weighted by Crippen LogP contribution is -2.37. The van der Waals surface area contributed by atoms with Crippen LogP contribution in [0.5, 0.6) is 5.75 Å². The lowest BCUT2D eigenvalue weighted by molar-refractivity contribution is 0.262. The van der Waals surface area contributed by atoms with Crippen LogP contribution in [0.25, 0.3) is 0 Å². The van der Waals surface area contributed by atoms with E-state index < -0.39 is 10.0 Å². The van der Waals surface area contributed by atoms with Crippen LogP contribution in [0, 0.1) is 0 Å². The summed E-state index contributed by atoms with van der Waals surface area (Å²) in [5.41, 5.74) is 8.73. The van der Waals surface area contributed by atoms with E-state index in [1.807, 2.05) is 48.5 Å². The minimum Gasteiger partial charge on any atom is -0.493 e. The Morgan fingerprint density at radius 2 is 1.83 bits per heavy atom. The van der Waals surface area contributed by atoms with E-state index in [9.17, 15) is 8.42 Å².